The van der Waals surface area contributed by atoms with Gasteiger partial charge in [-0.25, -0.2) is 9.13 Å². The van der Waals surface area contributed by atoms with E-state index >= 15 is 0 Å². The van der Waals surface area contributed by atoms with Crippen LogP contribution in [0, 0.1) is 0 Å². The molecule has 0 aliphatic heterocycles. The highest BCUT2D eigenvalue weighted by Crippen LogP contribution is 2.07. The highest BCUT2D eigenvalue weighted by Gasteiger charge is 2.16. The number of aromatic nitrogens is 2. The Morgan fingerprint density at radius 3 is 2.63 bits per heavy atom. The van der Waals surface area contributed by atoms with Crippen molar-refractivity contribution in [1.29, 1.82) is 0 Å². The van der Waals surface area contributed by atoms with E-state index in [-0.39, 0.29) is 6.42 Å². The maximum absolute atomic E-state index is 10.7. The molecular formula is C15H27N2O2+. The molecule has 0 spiro atoms. The first-order chi connectivity index (χ1) is 9.19. The lowest BCUT2D eigenvalue weighted by molar-refractivity contribution is -0.702. The van der Waals surface area contributed by atoms with Gasteiger partial charge in [0.15, 0.2) is 0 Å². The maximum atomic E-state index is 10.7. The third-order valence-electron chi connectivity index (χ3n) is 3.50. The van der Waals surface area contributed by atoms with Gasteiger partial charge in [-0.2, -0.15) is 0 Å². The molecule has 1 rings (SSSR count). The Balaban J connectivity index is 2.52. The summed E-state index contributed by atoms with van der Waals surface area (Å²) in [5.74, 6) is 0.533. The van der Waals surface area contributed by atoms with Gasteiger partial charge in [0.1, 0.15) is 18.9 Å². The molecule has 4 heteroatoms. The summed E-state index contributed by atoms with van der Waals surface area (Å²) in [7, 11) is 0. The van der Waals surface area contributed by atoms with Crippen LogP contribution in [0.15, 0.2) is 12.4 Å². The number of carbonyl (C=O) groups is 1. The molecule has 0 unspecified atom stereocenters. The average molecular weight is 267 g/mol. The number of rotatable bonds is 10. The summed E-state index contributed by atoms with van der Waals surface area (Å²) in [6.07, 6.45) is 11.7. The van der Waals surface area contributed by atoms with Gasteiger partial charge in [-0.15, -0.1) is 0 Å². The van der Waals surface area contributed by atoms with E-state index in [9.17, 15) is 4.79 Å². The van der Waals surface area contributed by atoms with Gasteiger partial charge in [0, 0.05) is 6.42 Å². The van der Waals surface area contributed by atoms with E-state index in [2.05, 4.69) is 29.2 Å². The lowest BCUT2D eigenvalue weighted by atomic mass is 10.1. The van der Waals surface area contributed by atoms with E-state index < -0.39 is 5.97 Å². The molecule has 0 saturated heterocycles. The Morgan fingerprint density at radius 2 is 2.00 bits per heavy atom. The third kappa shape index (κ3) is 5.45. The maximum Gasteiger partial charge on any atom is 0.307 e. The van der Waals surface area contributed by atoms with Gasteiger partial charge in [-0.3, -0.25) is 4.79 Å². The van der Waals surface area contributed by atoms with Crippen molar-refractivity contribution in [1.82, 2.24) is 4.57 Å². The zero-order valence-electron chi connectivity index (χ0n) is 12.3. The minimum absolute atomic E-state index is 0.196. The summed E-state index contributed by atoms with van der Waals surface area (Å²) in [6, 6.07) is 0. The standard InChI is InChI=1S/C15H26N2O2/c1-3-5-6-7-8-9-14-16(4-2)12-13-17(14)11-10-15(18)19/h12-13H,3-11H2,1-2H3/p+1. The summed E-state index contributed by atoms with van der Waals surface area (Å²) in [4.78, 5) is 10.7. The SMILES string of the molecule is CCCCCCCc1n(CC)cc[n+]1CCC(=O)O. The zero-order valence-corrected chi connectivity index (χ0v) is 12.3. The number of carboxylic acid groups (broad SMARTS) is 1. The van der Waals surface area contributed by atoms with Gasteiger partial charge in [0.2, 0.25) is 0 Å². The smallest absolute Gasteiger partial charge is 0.307 e. The van der Waals surface area contributed by atoms with Crippen molar-refractivity contribution in [3.63, 3.8) is 0 Å². The molecule has 0 aliphatic carbocycles. The van der Waals surface area contributed by atoms with Crippen molar-refractivity contribution >= 4 is 5.97 Å². The molecule has 0 atom stereocenters. The van der Waals surface area contributed by atoms with Crippen LogP contribution in [0.3, 0.4) is 0 Å². The van der Waals surface area contributed by atoms with E-state index in [1.54, 1.807) is 0 Å². The minimum Gasteiger partial charge on any atom is -0.481 e. The van der Waals surface area contributed by atoms with Crippen molar-refractivity contribution in [2.24, 2.45) is 0 Å². The molecule has 4 nitrogen and oxygen atoms in total. The molecule has 0 amide bonds. The minimum atomic E-state index is -0.731. The van der Waals surface area contributed by atoms with Gasteiger partial charge < -0.3 is 5.11 Å². The number of nitrogens with zero attached hydrogens (tertiary/aromatic N) is 2. The van der Waals surface area contributed by atoms with E-state index in [1.165, 1.54) is 37.9 Å². The Morgan fingerprint density at radius 1 is 1.26 bits per heavy atom. The second-order valence-corrected chi connectivity index (χ2v) is 5.00. The molecule has 1 aromatic rings. The molecule has 0 radical (unpaired) electrons. The Labute approximate surface area is 116 Å². The number of carboxylic acids is 1. The topological polar surface area (TPSA) is 46.1 Å². The quantitative estimate of drug-likeness (QED) is 0.523. The van der Waals surface area contributed by atoms with Crippen LogP contribution in [0.25, 0.3) is 0 Å². The van der Waals surface area contributed by atoms with Gasteiger partial charge in [0.05, 0.1) is 13.0 Å². The lowest BCUT2D eigenvalue weighted by Crippen LogP contribution is -2.38. The van der Waals surface area contributed by atoms with Crippen LogP contribution in [0.1, 0.15) is 58.2 Å². The summed E-state index contributed by atoms with van der Waals surface area (Å²) in [5.41, 5.74) is 0. The molecule has 0 aliphatic rings. The van der Waals surface area contributed by atoms with E-state index in [0.717, 1.165) is 13.0 Å². The van der Waals surface area contributed by atoms with Crippen LogP contribution in [0.5, 0.6) is 0 Å². The fourth-order valence-electron chi connectivity index (χ4n) is 2.38. The van der Waals surface area contributed by atoms with Gasteiger partial charge in [0.25, 0.3) is 5.82 Å². The van der Waals surface area contributed by atoms with Crippen LogP contribution >= 0.6 is 0 Å². The van der Waals surface area contributed by atoms with Crippen molar-refractivity contribution < 1.29 is 14.5 Å². The second-order valence-electron chi connectivity index (χ2n) is 5.00. The summed E-state index contributed by atoms with van der Waals surface area (Å²) in [5, 5.41) is 8.78. The Bertz CT molecular complexity index is 385. The first kappa shape index (κ1) is 15.7. The largest absolute Gasteiger partial charge is 0.481 e. The first-order valence-corrected chi connectivity index (χ1v) is 7.48. The number of unbranched alkanes of at least 4 members (excludes halogenated alkanes) is 4. The van der Waals surface area contributed by atoms with Gasteiger partial charge >= 0.3 is 5.97 Å². The van der Waals surface area contributed by atoms with Crippen LogP contribution in [-0.4, -0.2) is 15.6 Å². The summed E-state index contributed by atoms with van der Waals surface area (Å²) in [6.45, 7) is 5.88. The van der Waals surface area contributed by atoms with Gasteiger partial charge in [-0.05, 0) is 13.3 Å². The molecule has 0 saturated carbocycles. The summed E-state index contributed by atoms with van der Waals surface area (Å²) < 4.78 is 4.32. The number of imidazole rings is 1. The molecule has 0 aromatic carbocycles. The molecule has 1 aromatic heterocycles. The monoisotopic (exact) mass is 267 g/mol. The zero-order chi connectivity index (χ0) is 14.1. The predicted octanol–water partition coefficient (Wildman–Crippen LogP) is 2.78. The van der Waals surface area contributed by atoms with Gasteiger partial charge in [-0.1, -0.05) is 32.6 Å². The second kappa shape index (κ2) is 8.73. The fourth-order valence-corrected chi connectivity index (χ4v) is 2.38. The molecule has 1 heterocycles. The normalized spacial score (nSPS) is 10.8. The molecular weight excluding hydrogens is 240 g/mol. The Kier molecular flexibility index (Phi) is 7.23. The fraction of sp³-hybridized carbons (Fsp3) is 0.733. The number of aryl methyl sites for hydroxylation is 2. The van der Waals surface area contributed by atoms with Crippen molar-refractivity contribution in [3.05, 3.63) is 18.2 Å². The number of aliphatic carboxylic acids is 1. The molecule has 1 N–H and O–H groups in total. The van der Waals surface area contributed by atoms with Crippen LogP contribution in [0.2, 0.25) is 0 Å². The average Bonchev–Trinajstić information content (AvgIpc) is 2.78. The van der Waals surface area contributed by atoms with E-state index in [0.29, 0.717) is 6.54 Å². The molecule has 19 heavy (non-hydrogen) atoms. The van der Waals surface area contributed by atoms with Crippen molar-refractivity contribution in [2.45, 2.75) is 71.9 Å². The van der Waals surface area contributed by atoms with Crippen molar-refractivity contribution in [2.75, 3.05) is 0 Å². The number of hydrogen-bond acceptors (Lipinski definition) is 1. The first-order valence-electron chi connectivity index (χ1n) is 7.48. The third-order valence-corrected chi connectivity index (χ3v) is 3.50. The van der Waals surface area contributed by atoms with Crippen LogP contribution < -0.4 is 4.57 Å². The lowest BCUT2D eigenvalue weighted by Gasteiger charge is -2.03. The highest BCUT2D eigenvalue weighted by atomic mass is 16.4. The van der Waals surface area contributed by atoms with E-state index in [4.69, 9.17) is 5.11 Å². The van der Waals surface area contributed by atoms with E-state index in [1.807, 2.05) is 6.20 Å². The predicted molar refractivity (Wildman–Crippen MR) is 75.0 cm³/mol. The molecule has 0 fully saturated rings. The Hall–Kier alpha value is -1.32. The van der Waals surface area contributed by atoms with Crippen molar-refractivity contribution in [3.8, 4) is 0 Å². The molecule has 108 valence electrons. The molecule has 0 bridgehead atoms. The van der Waals surface area contributed by atoms with Crippen LogP contribution in [0.4, 0.5) is 0 Å². The summed E-state index contributed by atoms with van der Waals surface area (Å²) >= 11 is 0. The van der Waals surface area contributed by atoms with Crippen LogP contribution in [-0.2, 0) is 24.3 Å². The number of hydrogen-bond donors (Lipinski definition) is 1. The highest BCUT2D eigenvalue weighted by molar-refractivity contribution is 5.66.